The predicted octanol–water partition coefficient (Wildman–Crippen LogP) is 0.528. The number of carboxylic acids is 1. The monoisotopic (exact) mass is 246 g/mol. The molecule has 1 aromatic rings. The number of hydrogen-bond acceptors (Lipinski definition) is 2. The molecule has 0 atom stereocenters. The number of carboxylic acid groups (broad SMARTS) is 1. The molecular formula is C9H10O3Se. The topological polar surface area (TPSA) is 46.5 Å². The number of rotatable bonds is 4. The molecule has 0 aliphatic carbocycles. The van der Waals surface area contributed by atoms with E-state index in [0.29, 0.717) is 0 Å². The van der Waals surface area contributed by atoms with Gasteiger partial charge in [0.15, 0.2) is 0 Å². The second-order valence-corrected chi connectivity index (χ2v) is 4.47. The van der Waals surface area contributed by atoms with Gasteiger partial charge >= 0.3 is 82.5 Å². The van der Waals surface area contributed by atoms with Gasteiger partial charge in [-0.2, -0.15) is 0 Å². The number of benzene rings is 1. The van der Waals surface area contributed by atoms with Crippen LogP contribution in [0.1, 0.15) is 0 Å². The first kappa shape index (κ1) is 10.1. The number of ether oxygens (including phenoxy) is 1. The van der Waals surface area contributed by atoms with Crippen LogP contribution < -0.4 is 9.20 Å². The number of methoxy groups -OCH3 is 1. The number of para-hydroxylation sites is 1. The Kier molecular flexibility index (Phi) is 3.80. The first-order valence-electron chi connectivity index (χ1n) is 3.71. The maximum absolute atomic E-state index is 10.3. The molecule has 70 valence electrons. The molecule has 0 heterocycles. The van der Waals surface area contributed by atoms with Gasteiger partial charge < -0.3 is 0 Å². The number of hydrogen-bond donors (Lipinski definition) is 1. The third kappa shape index (κ3) is 3.09. The van der Waals surface area contributed by atoms with Gasteiger partial charge in [-0.3, -0.25) is 0 Å². The molecule has 0 unspecified atom stereocenters. The zero-order valence-electron chi connectivity index (χ0n) is 7.19. The summed E-state index contributed by atoms with van der Waals surface area (Å²) >= 11 is -0.0432. The van der Waals surface area contributed by atoms with Crippen LogP contribution in [0.3, 0.4) is 0 Å². The van der Waals surface area contributed by atoms with Gasteiger partial charge in [0.2, 0.25) is 0 Å². The Morgan fingerprint density at radius 2 is 2.23 bits per heavy atom. The second-order valence-electron chi connectivity index (χ2n) is 2.33. The van der Waals surface area contributed by atoms with Crippen LogP contribution in [0.15, 0.2) is 24.3 Å². The van der Waals surface area contributed by atoms with Crippen molar-refractivity contribution in [3.05, 3.63) is 24.3 Å². The summed E-state index contributed by atoms with van der Waals surface area (Å²) in [4.78, 5) is 10.3. The van der Waals surface area contributed by atoms with Crippen molar-refractivity contribution < 1.29 is 14.6 Å². The molecule has 0 amide bonds. The van der Waals surface area contributed by atoms with Gasteiger partial charge in [0.25, 0.3) is 0 Å². The van der Waals surface area contributed by atoms with Gasteiger partial charge in [-0.25, -0.2) is 0 Å². The summed E-state index contributed by atoms with van der Waals surface area (Å²) in [6.07, 6.45) is 0. The van der Waals surface area contributed by atoms with E-state index in [1.807, 2.05) is 24.3 Å². The summed E-state index contributed by atoms with van der Waals surface area (Å²) in [6, 6.07) is 7.52. The quantitative estimate of drug-likeness (QED) is 0.787. The van der Waals surface area contributed by atoms with Gasteiger partial charge in [-0.05, 0) is 0 Å². The Hall–Kier alpha value is -0.991. The third-order valence-corrected chi connectivity index (χ3v) is 3.60. The molecule has 0 fully saturated rings. The molecule has 4 heteroatoms. The Labute approximate surface area is 82.9 Å². The van der Waals surface area contributed by atoms with Crippen molar-refractivity contribution in [3.63, 3.8) is 0 Å². The molecule has 0 bridgehead atoms. The molecular weight excluding hydrogens is 235 g/mol. The van der Waals surface area contributed by atoms with E-state index in [2.05, 4.69) is 0 Å². The molecule has 0 spiro atoms. The predicted molar refractivity (Wildman–Crippen MR) is 50.8 cm³/mol. The van der Waals surface area contributed by atoms with Crippen molar-refractivity contribution >= 4 is 25.4 Å². The minimum atomic E-state index is -0.758. The van der Waals surface area contributed by atoms with Crippen LogP contribution in [0.4, 0.5) is 0 Å². The molecule has 0 saturated carbocycles. The molecule has 3 nitrogen and oxygen atoms in total. The standard InChI is InChI=1S/C9H10O3Se/c1-12-7-4-2-3-5-8(7)13-6-9(10)11/h2-5H,6H2,1H3,(H,10,11). The molecule has 0 aliphatic heterocycles. The zero-order valence-corrected chi connectivity index (χ0v) is 8.90. The van der Waals surface area contributed by atoms with Gasteiger partial charge in [0.05, 0.1) is 0 Å². The number of aliphatic carboxylic acids is 1. The van der Waals surface area contributed by atoms with Crippen LogP contribution in [0.2, 0.25) is 5.32 Å². The van der Waals surface area contributed by atoms with E-state index in [4.69, 9.17) is 9.84 Å². The molecule has 1 N–H and O–H groups in total. The molecule has 0 saturated heterocycles. The zero-order chi connectivity index (χ0) is 9.68. The van der Waals surface area contributed by atoms with Crippen LogP contribution in [0.25, 0.3) is 0 Å². The van der Waals surface area contributed by atoms with Crippen LogP contribution in [0.5, 0.6) is 5.75 Å². The van der Waals surface area contributed by atoms with Crippen molar-refractivity contribution in [1.29, 1.82) is 0 Å². The number of carbonyl (C=O) groups is 1. The minimum absolute atomic E-state index is 0.0432. The van der Waals surface area contributed by atoms with E-state index in [-0.39, 0.29) is 20.3 Å². The van der Waals surface area contributed by atoms with E-state index in [1.54, 1.807) is 7.11 Å². The average Bonchev–Trinajstić information content (AvgIpc) is 2.15. The van der Waals surface area contributed by atoms with Gasteiger partial charge in [0, 0.05) is 0 Å². The summed E-state index contributed by atoms with van der Waals surface area (Å²) in [5.74, 6) is 0.0228. The van der Waals surface area contributed by atoms with Crippen molar-refractivity contribution in [2.24, 2.45) is 0 Å². The Morgan fingerprint density at radius 1 is 1.54 bits per heavy atom. The summed E-state index contributed by atoms with van der Waals surface area (Å²) in [6.45, 7) is 0. The molecule has 0 aromatic heterocycles. The fourth-order valence-electron chi connectivity index (χ4n) is 0.878. The first-order chi connectivity index (χ1) is 6.24. The second kappa shape index (κ2) is 4.90. The van der Waals surface area contributed by atoms with Crippen LogP contribution in [-0.4, -0.2) is 33.1 Å². The maximum atomic E-state index is 10.3. The van der Waals surface area contributed by atoms with E-state index in [1.165, 1.54) is 0 Å². The summed E-state index contributed by atoms with van der Waals surface area (Å²) in [5.41, 5.74) is 0. The molecule has 13 heavy (non-hydrogen) atoms. The van der Waals surface area contributed by atoms with E-state index < -0.39 is 5.97 Å². The van der Waals surface area contributed by atoms with Crippen molar-refractivity contribution in [2.75, 3.05) is 7.11 Å². The molecule has 1 aromatic carbocycles. The van der Waals surface area contributed by atoms with E-state index in [0.717, 1.165) is 10.2 Å². The van der Waals surface area contributed by atoms with Crippen molar-refractivity contribution in [3.8, 4) is 5.75 Å². The Balaban J connectivity index is 2.69. The Bertz CT molecular complexity index is 299. The third-order valence-electron chi connectivity index (χ3n) is 1.42. The molecule has 0 radical (unpaired) electrons. The summed E-state index contributed by atoms with van der Waals surface area (Å²) in [7, 11) is 1.59. The normalized spacial score (nSPS) is 9.62. The molecule has 0 aliphatic rings. The SMILES string of the molecule is COc1ccccc1[Se]CC(=O)O. The summed E-state index contributed by atoms with van der Waals surface area (Å²) < 4.78 is 6.10. The fourth-order valence-corrected chi connectivity index (χ4v) is 2.45. The average molecular weight is 245 g/mol. The van der Waals surface area contributed by atoms with Crippen molar-refractivity contribution in [1.82, 2.24) is 0 Å². The van der Waals surface area contributed by atoms with E-state index >= 15 is 0 Å². The van der Waals surface area contributed by atoms with Crippen LogP contribution in [0, 0.1) is 0 Å². The van der Waals surface area contributed by atoms with Gasteiger partial charge in [-0.1, -0.05) is 0 Å². The fraction of sp³-hybridized carbons (Fsp3) is 0.222. The van der Waals surface area contributed by atoms with Crippen molar-refractivity contribution in [2.45, 2.75) is 5.32 Å². The summed E-state index contributed by atoms with van der Waals surface area (Å²) in [5, 5.41) is 8.71. The van der Waals surface area contributed by atoms with Gasteiger partial charge in [0.1, 0.15) is 0 Å². The molecule has 1 rings (SSSR count). The van der Waals surface area contributed by atoms with Crippen LogP contribution >= 0.6 is 0 Å². The first-order valence-corrected chi connectivity index (χ1v) is 5.78. The Morgan fingerprint density at radius 3 is 2.85 bits per heavy atom. The van der Waals surface area contributed by atoms with E-state index in [9.17, 15) is 4.79 Å². The van der Waals surface area contributed by atoms with Crippen LogP contribution in [-0.2, 0) is 4.79 Å². The van der Waals surface area contributed by atoms with Gasteiger partial charge in [-0.15, -0.1) is 0 Å².